The molecular formula is C19H20N2O6S. The van der Waals surface area contributed by atoms with Gasteiger partial charge < -0.3 is 19.5 Å². The summed E-state index contributed by atoms with van der Waals surface area (Å²) >= 11 is 0. The van der Waals surface area contributed by atoms with Crippen molar-refractivity contribution in [3.63, 3.8) is 0 Å². The van der Waals surface area contributed by atoms with Crippen molar-refractivity contribution in [2.45, 2.75) is 13.0 Å². The lowest BCUT2D eigenvalue weighted by Gasteiger charge is -2.34. The Morgan fingerprint density at radius 2 is 1.79 bits per heavy atom. The first kappa shape index (κ1) is 18.4. The molecule has 2 aromatic carbocycles. The summed E-state index contributed by atoms with van der Waals surface area (Å²) in [4.78, 5) is 12.8. The van der Waals surface area contributed by atoms with E-state index < -0.39 is 22.0 Å². The number of carbonyl (C=O) groups is 1. The molecule has 0 fully saturated rings. The molecule has 28 heavy (non-hydrogen) atoms. The maximum Gasteiger partial charge on any atom is 0.267 e. The fraction of sp³-hybridized carbons (Fsp3) is 0.316. The van der Waals surface area contributed by atoms with Crippen molar-refractivity contribution < 1.29 is 27.4 Å². The Morgan fingerprint density at radius 3 is 2.54 bits per heavy atom. The first-order valence-corrected chi connectivity index (χ1v) is 10.6. The fourth-order valence-corrected chi connectivity index (χ4v) is 4.06. The smallest absolute Gasteiger partial charge is 0.267 e. The maximum absolute atomic E-state index is 12.8. The second kappa shape index (κ2) is 6.90. The number of nitrogens with zero attached hydrogens (tertiary/aromatic N) is 1. The van der Waals surface area contributed by atoms with Gasteiger partial charge in [0.15, 0.2) is 17.6 Å². The Morgan fingerprint density at radius 1 is 1.07 bits per heavy atom. The predicted octanol–water partition coefficient (Wildman–Crippen LogP) is 1.93. The van der Waals surface area contributed by atoms with E-state index in [4.69, 9.17) is 14.2 Å². The summed E-state index contributed by atoms with van der Waals surface area (Å²) in [5.41, 5.74) is 1.85. The van der Waals surface area contributed by atoms with Gasteiger partial charge in [-0.1, -0.05) is 6.07 Å². The van der Waals surface area contributed by atoms with Gasteiger partial charge >= 0.3 is 0 Å². The lowest BCUT2D eigenvalue weighted by molar-refractivity contribution is -0.122. The number of anilines is 2. The molecular weight excluding hydrogens is 384 g/mol. The summed E-state index contributed by atoms with van der Waals surface area (Å²) in [5, 5.41) is 2.75. The second-order valence-corrected chi connectivity index (χ2v) is 8.63. The van der Waals surface area contributed by atoms with E-state index in [1.54, 1.807) is 36.4 Å². The molecule has 0 saturated carbocycles. The molecule has 1 amide bonds. The molecule has 0 spiro atoms. The standard InChI is InChI=1S/C19H20N2O6S/c1-12-3-5-15-14(9-12)21(28(2,23)24)11-18(27-15)19(22)20-13-4-6-16-17(10-13)26-8-7-25-16/h3-6,9-10,18H,7-8,11H2,1-2H3,(H,20,22)/t18-/m0/s1. The van der Waals surface area contributed by atoms with Gasteiger partial charge in [-0.25, -0.2) is 8.42 Å². The zero-order valence-electron chi connectivity index (χ0n) is 15.5. The Balaban J connectivity index is 1.57. The third kappa shape index (κ3) is 3.57. The van der Waals surface area contributed by atoms with E-state index in [9.17, 15) is 13.2 Å². The van der Waals surface area contributed by atoms with Crippen LogP contribution in [0.25, 0.3) is 0 Å². The molecule has 1 N–H and O–H groups in total. The van der Waals surface area contributed by atoms with Crippen LogP contribution in [0.5, 0.6) is 17.2 Å². The van der Waals surface area contributed by atoms with Crippen molar-refractivity contribution in [2.24, 2.45) is 0 Å². The van der Waals surface area contributed by atoms with Crippen molar-refractivity contribution in [3.8, 4) is 17.2 Å². The first-order valence-electron chi connectivity index (χ1n) is 8.77. The molecule has 2 aliphatic heterocycles. The summed E-state index contributed by atoms with van der Waals surface area (Å²) in [6, 6.07) is 10.3. The third-order valence-electron chi connectivity index (χ3n) is 4.49. The molecule has 0 aliphatic carbocycles. The van der Waals surface area contributed by atoms with E-state index in [0.717, 1.165) is 11.8 Å². The highest BCUT2D eigenvalue weighted by molar-refractivity contribution is 7.92. The minimum Gasteiger partial charge on any atom is -0.486 e. The monoisotopic (exact) mass is 404 g/mol. The normalized spacial score (nSPS) is 18.1. The van der Waals surface area contributed by atoms with Crippen LogP contribution in [-0.4, -0.2) is 46.4 Å². The Hall–Kier alpha value is -2.94. The van der Waals surface area contributed by atoms with Gasteiger partial charge in [0.2, 0.25) is 10.0 Å². The van der Waals surface area contributed by atoms with Crippen molar-refractivity contribution in [2.75, 3.05) is 35.6 Å². The molecule has 2 heterocycles. The van der Waals surface area contributed by atoms with Crippen molar-refractivity contribution in [3.05, 3.63) is 42.0 Å². The van der Waals surface area contributed by atoms with E-state index in [2.05, 4.69) is 5.32 Å². The van der Waals surface area contributed by atoms with Crippen molar-refractivity contribution in [1.82, 2.24) is 0 Å². The Bertz CT molecular complexity index is 1040. The summed E-state index contributed by atoms with van der Waals surface area (Å²) < 4.78 is 42.5. The zero-order chi connectivity index (χ0) is 19.9. The summed E-state index contributed by atoms with van der Waals surface area (Å²) in [7, 11) is -3.57. The van der Waals surface area contributed by atoms with Crippen LogP contribution in [0.15, 0.2) is 36.4 Å². The van der Waals surface area contributed by atoms with E-state index in [0.29, 0.717) is 41.8 Å². The van der Waals surface area contributed by atoms with Gasteiger partial charge in [0.25, 0.3) is 5.91 Å². The molecule has 4 rings (SSSR count). The van der Waals surface area contributed by atoms with Crippen LogP contribution in [0.1, 0.15) is 5.56 Å². The van der Waals surface area contributed by atoms with Crippen LogP contribution in [0.2, 0.25) is 0 Å². The minimum absolute atomic E-state index is 0.105. The van der Waals surface area contributed by atoms with Gasteiger partial charge in [-0.05, 0) is 36.8 Å². The average Bonchev–Trinajstić information content (AvgIpc) is 2.66. The van der Waals surface area contributed by atoms with E-state index in [1.165, 1.54) is 4.31 Å². The third-order valence-corrected chi connectivity index (χ3v) is 5.63. The van der Waals surface area contributed by atoms with Gasteiger partial charge in [0.1, 0.15) is 19.0 Å². The number of amides is 1. The molecule has 148 valence electrons. The molecule has 0 bridgehead atoms. The molecule has 2 aromatic rings. The van der Waals surface area contributed by atoms with Gasteiger partial charge in [-0.2, -0.15) is 0 Å². The van der Waals surface area contributed by atoms with Crippen LogP contribution in [0, 0.1) is 6.92 Å². The number of aryl methyl sites for hydroxylation is 1. The zero-order valence-corrected chi connectivity index (χ0v) is 16.3. The number of hydrogen-bond acceptors (Lipinski definition) is 6. The molecule has 0 saturated heterocycles. The van der Waals surface area contributed by atoms with Crippen LogP contribution in [0.4, 0.5) is 11.4 Å². The number of rotatable bonds is 3. The Kier molecular flexibility index (Phi) is 4.54. The molecule has 1 atom stereocenters. The molecule has 0 radical (unpaired) electrons. The van der Waals surface area contributed by atoms with Gasteiger partial charge in [0.05, 0.1) is 18.5 Å². The SMILES string of the molecule is Cc1ccc2c(c1)N(S(C)(=O)=O)C[C@@H](C(=O)Nc1ccc3c(c1)OCCO3)O2. The molecule has 8 nitrogen and oxygen atoms in total. The highest BCUT2D eigenvalue weighted by Crippen LogP contribution is 2.36. The first-order chi connectivity index (χ1) is 13.3. The molecule has 0 unspecified atom stereocenters. The predicted molar refractivity (Wildman–Crippen MR) is 104 cm³/mol. The number of carbonyl (C=O) groups excluding carboxylic acids is 1. The van der Waals surface area contributed by atoms with Crippen LogP contribution >= 0.6 is 0 Å². The van der Waals surface area contributed by atoms with E-state index >= 15 is 0 Å². The largest absolute Gasteiger partial charge is 0.486 e. The van der Waals surface area contributed by atoms with E-state index in [-0.39, 0.29) is 6.54 Å². The number of benzene rings is 2. The van der Waals surface area contributed by atoms with Gasteiger partial charge in [-0.3, -0.25) is 9.10 Å². The highest BCUT2D eigenvalue weighted by Gasteiger charge is 2.35. The number of ether oxygens (including phenoxy) is 3. The number of fused-ring (bicyclic) bond motifs is 2. The van der Waals surface area contributed by atoms with Gasteiger partial charge in [-0.15, -0.1) is 0 Å². The fourth-order valence-electron chi connectivity index (χ4n) is 3.16. The van der Waals surface area contributed by atoms with Crippen molar-refractivity contribution >= 4 is 27.3 Å². The maximum atomic E-state index is 12.8. The molecule has 0 aromatic heterocycles. The average molecular weight is 404 g/mol. The minimum atomic E-state index is -3.57. The lowest BCUT2D eigenvalue weighted by atomic mass is 10.1. The molecule has 9 heteroatoms. The Labute approximate surface area is 163 Å². The second-order valence-electron chi connectivity index (χ2n) is 6.72. The topological polar surface area (TPSA) is 94.2 Å². The quantitative estimate of drug-likeness (QED) is 0.840. The van der Waals surface area contributed by atoms with E-state index in [1.807, 2.05) is 6.92 Å². The van der Waals surface area contributed by atoms with Crippen LogP contribution in [0.3, 0.4) is 0 Å². The van der Waals surface area contributed by atoms with Crippen LogP contribution < -0.4 is 23.8 Å². The highest BCUT2D eigenvalue weighted by atomic mass is 32.2. The number of nitrogens with one attached hydrogen (secondary N) is 1. The number of sulfonamides is 1. The van der Waals surface area contributed by atoms with Crippen LogP contribution in [-0.2, 0) is 14.8 Å². The summed E-state index contributed by atoms with van der Waals surface area (Å²) in [6.45, 7) is 2.68. The lowest BCUT2D eigenvalue weighted by Crippen LogP contribution is -2.48. The summed E-state index contributed by atoms with van der Waals surface area (Å²) in [6.07, 6.45) is 0.123. The van der Waals surface area contributed by atoms with Crippen molar-refractivity contribution in [1.29, 1.82) is 0 Å². The molecule has 2 aliphatic rings. The number of hydrogen-bond donors (Lipinski definition) is 1. The summed E-state index contributed by atoms with van der Waals surface area (Å²) in [5.74, 6) is 1.07. The van der Waals surface area contributed by atoms with Gasteiger partial charge in [0, 0.05) is 11.8 Å².